The highest BCUT2D eigenvalue weighted by Gasteiger charge is 2.34. The van der Waals surface area contributed by atoms with Crippen molar-refractivity contribution in [2.24, 2.45) is 11.7 Å². The number of likely N-dealkylation sites (N-methyl/N-ethyl adjacent to an activating group) is 1. The predicted molar refractivity (Wildman–Crippen MR) is 80.1 cm³/mol. The highest BCUT2D eigenvalue weighted by molar-refractivity contribution is 5.88. The first-order valence-corrected chi connectivity index (χ1v) is 7.71. The van der Waals surface area contributed by atoms with Crippen molar-refractivity contribution < 1.29 is 9.59 Å². The van der Waals surface area contributed by atoms with Gasteiger partial charge in [-0.15, -0.1) is 0 Å². The fourth-order valence-electron chi connectivity index (χ4n) is 2.88. The van der Waals surface area contributed by atoms with Gasteiger partial charge in [-0.05, 0) is 38.1 Å². The van der Waals surface area contributed by atoms with E-state index in [1.807, 2.05) is 0 Å². The largest absolute Gasteiger partial charge is 0.347 e. The van der Waals surface area contributed by atoms with Crippen molar-refractivity contribution in [3.05, 3.63) is 0 Å². The third kappa shape index (κ3) is 4.47. The molecule has 1 rings (SSSR count). The van der Waals surface area contributed by atoms with Crippen LogP contribution in [0.1, 0.15) is 45.4 Å². The number of nitrogens with two attached hydrogens (primary N) is 1. The molecule has 0 aromatic carbocycles. The second-order valence-electron chi connectivity index (χ2n) is 5.87. The summed E-state index contributed by atoms with van der Waals surface area (Å²) in [4.78, 5) is 27.8. The molecule has 2 atom stereocenters. The number of carbonyl (C=O) groups excluding carboxylic acids is 2. The minimum absolute atomic E-state index is 0.0462. The quantitative estimate of drug-likeness (QED) is 0.764. The Kier molecular flexibility index (Phi) is 6.99. The number of hydrogen-bond donors (Lipinski definition) is 1. The molecule has 5 nitrogen and oxygen atoms in total. The van der Waals surface area contributed by atoms with Crippen molar-refractivity contribution in [1.82, 2.24) is 9.80 Å². The number of nitrogens with zero attached hydrogens (tertiary/aromatic N) is 2. The predicted octanol–water partition coefficient (Wildman–Crippen LogP) is 1.22. The highest BCUT2D eigenvalue weighted by atomic mass is 16.2. The molecule has 5 heteroatoms. The van der Waals surface area contributed by atoms with E-state index < -0.39 is 0 Å². The molecule has 1 aliphatic heterocycles. The fourth-order valence-corrected chi connectivity index (χ4v) is 2.88. The highest BCUT2D eigenvalue weighted by Crippen LogP contribution is 2.22. The lowest BCUT2D eigenvalue weighted by molar-refractivity contribution is -0.142. The van der Waals surface area contributed by atoms with Crippen molar-refractivity contribution in [2.75, 3.05) is 27.2 Å². The van der Waals surface area contributed by atoms with Crippen LogP contribution in [0.3, 0.4) is 0 Å². The lowest BCUT2D eigenvalue weighted by Crippen LogP contribution is -2.45. The van der Waals surface area contributed by atoms with E-state index in [1.165, 1.54) is 0 Å². The second-order valence-corrected chi connectivity index (χ2v) is 5.87. The van der Waals surface area contributed by atoms with Gasteiger partial charge in [-0.1, -0.05) is 13.3 Å². The van der Waals surface area contributed by atoms with Crippen LogP contribution in [0.2, 0.25) is 0 Å². The maximum Gasteiger partial charge on any atom is 0.244 e. The van der Waals surface area contributed by atoms with Gasteiger partial charge in [-0.25, -0.2) is 0 Å². The minimum atomic E-state index is -0.243. The zero-order valence-corrected chi connectivity index (χ0v) is 13.1. The van der Waals surface area contributed by atoms with E-state index in [-0.39, 0.29) is 17.9 Å². The van der Waals surface area contributed by atoms with Crippen LogP contribution in [0.4, 0.5) is 0 Å². The summed E-state index contributed by atoms with van der Waals surface area (Å²) in [5, 5.41) is 0. The first-order chi connectivity index (χ1) is 9.51. The average molecular weight is 283 g/mol. The van der Waals surface area contributed by atoms with Crippen LogP contribution in [-0.2, 0) is 9.59 Å². The smallest absolute Gasteiger partial charge is 0.244 e. The molecule has 1 fully saturated rings. The molecule has 0 saturated carbocycles. The molecule has 0 bridgehead atoms. The summed E-state index contributed by atoms with van der Waals surface area (Å²) in [6.45, 7) is 3.54. The molecule has 0 aromatic heterocycles. The summed E-state index contributed by atoms with van der Waals surface area (Å²) in [5.41, 5.74) is 5.58. The van der Waals surface area contributed by atoms with Crippen LogP contribution in [0.15, 0.2) is 0 Å². The third-order valence-corrected chi connectivity index (χ3v) is 4.22. The van der Waals surface area contributed by atoms with Crippen LogP contribution in [-0.4, -0.2) is 54.8 Å². The van der Waals surface area contributed by atoms with E-state index in [9.17, 15) is 9.59 Å². The van der Waals surface area contributed by atoms with Gasteiger partial charge in [-0.2, -0.15) is 0 Å². The van der Waals surface area contributed by atoms with Crippen LogP contribution < -0.4 is 5.73 Å². The van der Waals surface area contributed by atoms with Gasteiger partial charge < -0.3 is 15.5 Å². The van der Waals surface area contributed by atoms with Gasteiger partial charge in [0.25, 0.3) is 0 Å². The molecule has 2 amide bonds. The van der Waals surface area contributed by atoms with Crippen molar-refractivity contribution in [1.29, 1.82) is 0 Å². The number of amides is 2. The van der Waals surface area contributed by atoms with Crippen LogP contribution >= 0.6 is 0 Å². The summed E-state index contributed by atoms with van der Waals surface area (Å²) in [5.74, 6) is 0.692. The van der Waals surface area contributed by atoms with Crippen LogP contribution in [0, 0.1) is 5.92 Å². The Hall–Kier alpha value is -1.10. The molecule has 2 unspecified atom stereocenters. The SMILES string of the molecule is CCC(CCN)CCC(=O)N1CCCC1C(=O)N(C)C. The van der Waals surface area contributed by atoms with Crippen molar-refractivity contribution in [3.63, 3.8) is 0 Å². The summed E-state index contributed by atoms with van der Waals surface area (Å²) < 4.78 is 0. The Morgan fingerprint density at radius 2 is 2.05 bits per heavy atom. The number of likely N-dealkylation sites (tertiary alicyclic amines) is 1. The first kappa shape index (κ1) is 17.0. The Balaban J connectivity index is 2.51. The number of hydrogen-bond acceptors (Lipinski definition) is 3. The monoisotopic (exact) mass is 283 g/mol. The first-order valence-electron chi connectivity index (χ1n) is 7.71. The number of carbonyl (C=O) groups is 2. The zero-order chi connectivity index (χ0) is 15.1. The summed E-state index contributed by atoms with van der Waals surface area (Å²) in [6.07, 6.45) is 5.18. The molecule has 1 heterocycles. The Morgan fingerprint density at radius 3 is 2.60 bits per heavy atom. The molecule has 2 N–H and O–H groups in total. The maximum atomic E-state index is 12.3. The van der Waals surface area contributed by atoms with Crippen LogP contribution in [0.25, 0.3) is 0 Å². The van der Waals surface area contributed by atoms with Gasteiger partial charge in [0.05, 0.1) is 0 Å². The second kappa shape index (κ2) is 8.25. The zero-order valence-electron chi connectivity index (χ0n) is 13.1. The Labute approximate surface area is 122 Å². The van der Waals surface area contributed by atoms with Gasteiger partial charge in [0.15, 0.2) is 0 Å². The number of rotatable bonds is 7. The molecular weight excluding hydrogens is 254 g/mol. The van der Waals surface area contributed by atoms with Gasteiger partial charge in [0, 0.05) is 27.1 Å². The lowest BCUT2D eigenvalue weighted by atomic mass is 9.96. The molecule has 0 aromatic rings. The molecule has 116 valence electrons. The van der Waals surface area contributed by atoms with Gasteiger partial charge >= 0.3 is 0 Å². The average Bonchev–Trinajstić information content (AvgIpc) is 2.91. The maximum absolute atomic E-state index is 12.3. The van der Waals surface area contributed by atoms with Crippen molar-refractivity contribution in [3.8, 4) is 0 Å². The molecular formula is C15H29N3O2. The third-order valence-electron chi connectivity index (χ3n) is 4.22. The Bertz CT molecular complexity index is 331. The molecule has 1 aliphatic rings. The van der Waals surface area contributed by atoms with E-state index in [1.54, 1.807) is 23.9 Å². The Morgan fingerprint density at radius 1 is 1.35 bits per heavy atom. The molecule has 0 radical (unpaired) electrons. The summed E-state index contributed by atoms with van der Waals surface area (Å²) in [7, 11) is 3.50. The van der Waals surface area contributed by atoms with E-state index >= 15 is 0 Å². The minimum Gasteiger partial charge on any atom is -0.347 e. The summed E-state index contributed by atoms with van der Waals surface area (Å²) >= 11 is 0. The fraction of sp³-hybridized carbons (Fsp3) is 0.867. The van der Waals surface area contributed by atoms with E-state index in [0.29, 0.717) is 18.9 Å². The topological polar surface area (TPSA) is 66.6 Å². The van der Waals surface area contributed by atoms with Crippen molar-refractivity contribution >= 4 is 11.8 Å². The standard InChI is InChI=1S/C15H29N3O2/c1-4-12(9-10-16)7-8-14(19)18-11-5-6-13(18)15(20)17(2)3/h12-13H,4-11,16H2,1-3H3. The summed E-state index contributed by atoms with van der Waals surface area (Å²) in [6, 6.07) is -0.243. The normalized spacial score (nSPS) is 20.0. The molecule has 0 spiro atoms. The molecule has 1 saturated heterocycles. The van der Waals surface area contributed by atoms with E-state index in [2.05, 4.69) is 6.92 Å². The lowest BCUT2D eigenvalue weighted by Gasteiger charge is -2.26. The van der Waals surface area contributed by atoms with Crippen LogP contribution in [0.5, 0.6) is 0 Å². The molecule has 0 aliphatic carbocycles. The van der Waals surface area contributed by atoms with E-state index in [0.717, 1.165) is 38.6 Å². The van der Waals surface area contributed by atoms with Gasteiger partial charge in [-0.3, -0.25) is 9.59 Å². The van der Waals surface area contributed by atoms with Gasteiger partial charge in [0.1, 0.15) is 6.04 Å². The van der Waals surface area contributed by atoms with Crippen molar-refractivity contribution in [2.45, 2.75) is 51.5 Å². The molecule has 20 heavy (non-hydrogen) atoms. The van der Waals surface area contributed by atoms with E-state index in [4.69, 9.17) is 5.73 Å². The van der Waals surface area contributed by atoms with Gasteiger partial charge in [0.2, 0.25) is 11.8 Å².